The summed E-state index contributed by atoms with van der Waals surface area (Å²) in [6, 6.07) is 12.3. The summed E-state index contributed by atoms with van der Waals surface area (Å²) >= 11 is 0. The number of carbonyl (C=O) groups is 2. The van der Waals surface area contributed by atoms with E-state index in [2.05, 4.69) is 0 Å². The van der Waals surface area contributed by atoms with Gasteiger partial charge >= 0.3 is 0 Å². The van der Waals surface area contributed by atoms with Gasteiger partial charge in [-0.25, -0.2) is 4.39 Å². The second-order valence-electron chi connectivity index (χ2n) is 7.13. The molecule has 1 aromatic heterocycles. The molecule has 0 aliphatic carbocycles. The molecule has 1 aliphatic rings. The van der Waals surface area contributed by atoms with E-state index in [0.29, 0.717) is 5.76 Å². The number of amides is 1. The average molecular weight is 437 g/mol. The van der Waals surface area contributed by atoms with Gasteiger partial charge in [0.2, 0.25) is 0 Å². The Hall–Kier alpha value is -4.07. The number of Topliss-reactive ketones (excluding diaryl/α,β-unsaturated/α-hetero) is 1. The molecule has 3 aromatic rings. The number of hydrogen-bond donors (Lipinski definition) is 1. The lowest BCUT2D eigenvalue weighted by Gasteiger charge is -2.23. The molecule has 1 amide bonds. The summed E-state index contributed by atoms with van der Waals surface area (Å²) in [5.74, 6) is -1.67. The number of halogens is 1. The van der Waals surface area contributed by atoms with Gasteiger partial charge in [0.1, 0.15) is 46.2 Å². The van der Waals surface area contributed by atoms with Crippen molar-refractivity contribution >= 4 is 23.1 Å². The van der Waals surface area contributed by atoms with Gasteiger partial charge in [-0.05, 0) is 49.4 Å². The minimum atomic E-state index is -1.12. The Labute approximate surface area is 183 Å². The van der Waals surface area contributed by atoms with E-state index in [1.54, 1.807) is 37.3 Å². The summed E-state index contributed by atoms with van der Waals surface area (Å²) in [7, 11) is 2.81. The van der Waals surface area contributed by atoms with Gasteiger partial charge in [0, 0.05) is 5.69 Å². The number of carbonyl (C=O) groups excluding carboxylic acids is 2. The van der Waals surface area contributed by atoms with E-state index in [9.17, 15) is 19.1 Å². The molecule has 32 heavy (non-hydrogen) atoms. The van der Waals surface area contributed by atoms with Crippen molar-refractivity contribution in [1.82, 2.24) is 0 Å². The summed E-state index contributed by atoms with van der Waals surface area (Å²) in [6.07, 6.45) is 0. The number of furan rings is 1. The Bertz CT molecular complexity index is 1220. The standard InChI is InChI=1S/C24H20FNO6/c1-13-10-11-18(32-13)21-20(22(27)19-16(30-2)8-5-9-17(19)31-3)23(28)24(29)26(21)15-7-4-6-14(25)12-15/h4-12,21,27H,1-3H3/b22-20+. The number of aryl methyl sites for hydroxylation is 1. The second-order valence-corrected chi connectivity index (χ2v) is 7.13. The molecule has 1 fully saturated rings. The number of aliphatic hydroxyl groups is 1. The highest BCUT2D eigenvalue weighted by molar-refractivity contribution is 6.51. The number of hydrogen-bond acceptors (Lipinski definition) is 6. The zero-order valence-corrected chi connectivity index (χ0v) is 17.6. The minimum Gasteiger partial charge on any atom is -0.506 e. The lowest BCUT2D eigenvalue weighted by molar-refractivity contribution is -0.132. The predicted molar refractivity (Wildman–Crippen MR) is 114 cm³/mol. The van der Waals surface area contributed by atoms with Crippen molar-refractivity contribution in [3.63, 3.8) is 0 Å². The van der Waals surface area contributed by atoms with Crippen LogP contribution in [0.15, 0.2) is 64.6 Å². The number of rotatable bonds is 5. The average Bonchev–Trinajstić information content (AvgIpc) is 3.33. The van der Waals surface area contributed by atoms with E-state index in [4.69, 9.17) is 13.9 Å². The fraction of sp³-hybridized carbons (Fsp3) is 0.167. The Morgan fingerprint density at radius 1 is 1.03 bits per heavy atom. The van der Waals surface area contributed by atoms with Crippen LogP contribution in [-0.4, -0.2) is 31.0 Å². The monoisotopic (exact) mass is 437 g/mol. The van der Waals surface area contributed by atoms with Gasteiger partial charge in [0.05, 0.1) is 19.8 Å². The zero-order valence-electron chi connectivity index (χ0n) is 17.6. The fourth-order valence-electron chi connectivity index (χ4n) is 3.81. The van der Waals surface area contributed by atoms with Gasteiger partial charge in [-0.2, -0.15) is 0 Å². The fourth-order valence-corrected chi connectivity index (χ4v) is 3.81. The lowest BCUT2D eigenvalue weighted by Crippen LogP contribution is -2.29. The summed E-state index contributed by atoms with van der Waals surface area (Å²) in [5, 5.41) is 11.3. The van der Waals surface area contributed by atoms with E-state index in [1.807, 2.05) is 0 Å². The molecule has 0 radical (unpaired) electrons. The van der Waals surface area contributed by atoms with Crippen LogP contribution in [0.4, 0.5) is 10.1 Å². The van der Waals surface area contributed by atoms with Gasteiger partial charge < -0.3 is 19.0 Å². The van der Waals surface area contributed by atoms with E-state index in [0.717, 1.165) is 11.0 Å². The van der Waals surface area contributed by atoms with Crippen molar-refractivity contribution in [2.45, 2.75) is 13.0 Å². The van der Waals surface area contributed by atoms with Crippen molar-refractivity contribution < 1.29 is 33.0 Å². The minimum absolute atomic E-state index is 0.114. The SMILES string of the molecule is COc1cccc(OC)c1/C(O)=C1\C(=O)C(=O)N(c2cccc(F)c2)C1c1ccc(C)o1. The number of nitrogens with zero attached hydrogens (tertiary/aromatic N) is 1. The van der Waals surface area contributed by atoms with Crippen molar-refractivity contribution in [2.75, 3.05) is 19.1 Å². The number of ketones is 1. The van der Waals surface area contributed by atoms with Gasteiger partial charge in [-0.15, -0.1) is 0 Å². The highest BCUT2D eigenvalue weighted by Gasteiger charge is 2.49. The van der Waals surface area contributed by atoms with Gasteiger partial charge in [0.15, 0.2) is 0 Å². The topological polar surface area (TPSA) is 89.2 Å². The highest BCUT2D eigenvalue weighted by Crippen LogP contribution is 2.45. The van der Waals surface area contributed by atoms with Crippen molar-refractivity contribution in [2.24, 2.45) is 0 Å². The molecular weight excluding hydrogens is 417 g/mol. The first-order valence-corrected chi connectivity index (χ1v) is 9.71. The predicted octanol–water partition coefficient (Wildman–Crippen LogP) is 4.37. The van der Waals surface area contributed by atoms with E-state index < -0.39 is 29.3 Å². The number of anilines is 1. The summed E-state index contributed by atoms with van der Waals surface area (Å²) in [4.78, 5) is 27.3. The van der Waals surface area contributed by atoms with E-state index >= 15 is 0 Å². The number of benzene rings is 2. The third-order valence-electron chi connectivity index (χ3n) is 5.23. The van der Waals surface area contributed by atoms with Crippen LogP contribution in [0.2, 0.25) is 0 Å². The first kappa shape index (κ1) is 21.2. The Morgan fingerprint density at radius 2 is 1.69 bits per heavy atom. The molecular formula is C24H20FNO6. The van der Waals surface area contributed by atoms with Gasteiger partial charge in [0.25, 0.3) is 11.7 Å². The Balaban J connectivity index is 2.01. The van der Waals surface area contributed by atoms with Crippen LogP contribution in [0.3, 0.4) is 0 Å². The molecule has 0 spiro atoms. The van der Waals surface area contributed by atoms with Crippen molar-refractivity contribution in [3.05, 3.63) is 83.1 Å². The third kappa shape index (κ3) is 3.39. The maximum absolute atomic E-state index is 14.0. The number of ether oxygens (including phenoxy) is 2. The molecule has 2 heterocycles. The van der Waals surface area contributed by atoms with E-state index in [-0.39, 0.29) is 34.1 Å². The molecule has 4 rings (SSSR count). The van der Waals surface area contributed by atoms with Crippen molar-refractivity contribution in [1.29, 1.82) is 0 Å². The van der Waals surface area contributed by atoms with E-state index in [1.165, 1.54) is 32.4 Å². The number of aliphatic hydroxyl groups excluding tert-OH is 1. The second kappa shape index (κ2) is 8.22. The number of methoxy groups -OCH3 is 2. The summed E-state index contributed by atoms with van der Waals surface area (Å²) in [6.45, 7) is 1.71. The molecule has 1 N–H and O–H groups in total. The lowest BCUT2D eigenvalue weighted by atomic mass is 9.98. The van der Waals surface area contributed by atoms with Gasteiger partial charge in [-0.3, -0.25) is 14.5 Å². The smallest absolute Gasteiger partial charge is 0.300 e. The summed E-state index contributed by atoms with van der Waals surface area (Å²) < 4.78 is 30.4. The molecule has 1 saturated heterocycles. The van der Waals surface area contributed by atoms with Crippen LogP contribution in [-0.2, 0) is 9.59 Å². The first-order valence-electron chi connectivity index (χ1n) is 9.71. The molecule has 8 heteroatoms. The largest absolute Gasteiger partial charge is 0.506 e. The maximum atomic E-state index is 14.0. The molecule has 164 valence electrons. The molecule has 2 aromatic carbocycles. The zero-order chi connectivity index (χ0) is 23.0. The van der Waals surface area contributed by atoms with Gasteiger partial charge in [-0.1, -0.05) is 12.1 Å². The van der Waals surface area contributed by atoms with Crippen LogP contribution in [0.5, 0.6) is 11.5 Å². The first-order chi connectivity index (χ1) is 15.4. The van der Waals surface area contributed by atoms with Crippen LogP contribution >= 0.6 is 0 Å². The summed E-state index contributed by atoms with van der Waals surface area (Å²) in [5.41, 5.74) is 0.0385. The van der Waals surface area contributed by atoms with Crippen LogP contribution < -0.4 is 14.4 Å². The Morgan fingerprint density at radius 3 is 2.25 bits per heavy atom. The van der Waals surface area contributed by atoms with Crippen LogP contribution in [0.25, 0.3) is 5.76 Å². The molecule has 7 nitrogen and oxygen atoms in total. The quantitative estimate of drug-likeness (QED) is 0.362. The van der Waals surface area contributed by atoms with Crippen LogP contribution in [0, 0.1) is 12.7 Å². The highest BCUT2D eigenvalue weighted by atomic mass is 19.1. The molecule has 1 atom stereocenters. The molecule has 1 aliphatic heterocycles. The third-order valence-corrected chi connectivity index (χ3v) is 5.23. The molecule has 1 unspecified atom stereocenters. The van der Waals surface area contributed by atoms with Crippen molar-refractivity contribution in [3.8, 4) is 11.5 Å². The molecule has 0 bridgehead atoms. The van der Waals surface area contributed by atoms with Crippen LogP contribution in [0.1, 0.15) is 23.1 Å². The molecule has 0 saturated carbocycles. The maximum Gasteiger partial charge on any atom is 0.300 e. The Kier molecular flexibility index (Phi) is 5.44. The normalized spacial score (nSPS) is 17.6.